The number of fused-ring (bicyclic) bond motifs is 5. The summed E-state index contributed by atoms with van der Waals surface area (Å²) in [4.78, 5) is 36.9. The van der Waals surface area contributed by atoms with E-state index in [-0.39, 0.29) is 42.7 Å². The van der Waals surface area contributed by atoms with Crippen molar-refractivity contribution < 1.29 is 23.9 Å². The number of rotatable bonds is 4. The van der Waals surface area contributed by atoms with Crippen LogP contribution in [0.25, 0.3) is 0 Å². The number of likely N-dealkylation sites (tertiary alicyclic amines) is 1. The quantitative estimate of drug-likeness (QED) is 0.314. The minimum Gasteiger partial charge on any atom is -0.460 e. The molecule has 2 fully saturated rings. The summed E-state index contributed by atoms with van der Waals surface area (Å²) >= 11 is 0. The number of esters is 1. The summed E-state index contributed by atoms with van der Waals surface area (Å²) in [7, 11) is 0. The van der Waals surface area contributed by atoms with Crippen molar-refractivity contribution in [2.45, 2.75) is 19.1 Å². The topological polar surface area (TPSA) is 72.9 Å². The van der Waals surface area contributed by atoms with Crippen LogP contribution in [0.5, 0.6) is 0 Å². The Morgan fingerprint density at radius 1 is 1.30 bits per heavy atom. The van der Waals surface area contributed by atoms with Crippen LogP contribution in [0.4, 0.5) is 0 Å². The lowest BCUT2D eigenvalue weighted by molar-refractivity contribution is -0.147. The first kappa shape index (κ1) is 13.1. The number of nitrogens with zero attached hydrogens (tertiary/aromatic N) is 1. The Hall–Kier alpha value is -1.95. The molecule has 3 aliphatic heterocycles. The number of carbonyl (C=O) groups excluding carboxylic acids is 3. The van der Waals surface area contributed by atoms with Crippen LogP contribution >= 0.6 is 0 Å². The lowest BCUT2D eigenvalue weighted by atomic mass is 9.85. The van der Waals surface area contributed by atoms with Gasteiger partial charge in [-0.15, -0.1) is 0 Å². The van der Waals surface area contributed by atoms with Gasteiger partial charge in [-0.05, 0) is 6.92 Å². The summed E-state index contributed by atoms with van der Waals surface area (Å²) in [6.07, 6.45) is 3.09. The van der Waals surface area contributed by atoms with E-state index < -0.39 is 17.8 Å². The molecule has 6 nitrogen and oxygen atoms in total. The van der Waals surface area contributed by atoms with Crippen molar-refractivity contribution >= 4 is 17.8 Å². The number of ether oxygens (including phenoxy) is 2. The van der Waals surface area contributed by atoms with Gasteiger partial charge in [-0.25, -0.2) is 4.79 Å². The molecule has 0 aromatic heterocycles. The summed E-state index contributed by atoms with van der Waals surface area (Å²) < 4.78 is 10.4. The van der Waals surface area contributed by atoms with E-state index in [0.717, 1.165) is 0 Å². The van der Waals surface area contributed by atoms with Gasteiger partial charge in [0.2, 0.25) is 11.8 Å². The van der Waals surface area contributed by atoms with Gasteiger partial charge in [0.1, 0.15) is 6.61 Å². The highest BCUT2D eigenvalue weighted by Crippen LogP contribution is 2.44. The van der Waals surface area contributed by atoms with Crippen LogP contribution in [0.2, 0.25) is 0 Å². The summed E-state index contributed by atoms with van der Waals surface area (Å²) in [6.45, 7) is 5.08. The molecule has 2 amide bonds. The van der Waals surface area contributed by atoms with E-state index in [9.17, 15) is 14.4 Å². The summed E-state index contributed by atoms with van der Waals surface area (Å²) in [5.41, 5.74) is 0.289. The zero-order chi connectivity index (χ0) is 14.4. The minimum atomic E-state index is -0.519. The minimum absolute atomic E-state index is 0.00771. The van der Waals surface area contributed by atoms with Crippen molar-refractivity contribution in [1.82, 2.24) is 4.90 Å². The number of carbonyl (C=O) groups is 3. The molecule has 3 aliphatic rings. The second kappa shape index (κ2) is 4.56. The molecule has 0 radical (unpaired) electrons. The van der Waals surface area contributed by atoms with Crippen LogP contribution in [-0.4, -0.2) is 48.0 Å². The predicted octanol–water partition coefficient (Wildman–Crippen LogP) is 0.0441. The van der Waals surface area contributed by atoms with Gasteiger partial charge in [0, 0.05) is 5.57 Å². The number of imide groups is 1. The first-order valence-corrected chi connectivity index (χ1v) is 6.52. The summed E-state index contributed by atoms with van der Waals surface area (Å²) in [6, 6.07) is 0. The monoisotopic (exact) mass is 277 g/mol. The van der Waals surface area contributed by atoms with E-state index in [1.54, 1.807) is 6.92 Å². The third-order valence-corrected chi connectivity index (χ3v) is 3.90. The van der Waals surface area contributed by atoms with E-state index in [2.05, 4.69) is 6.58 Å². The molecule has 4 atom stereocenters. The largest absolute Gasteiger partial charge is 0.460 e. The smallest absolute Gasteiger partial charge is 0.333 e. The highest BCUT2D eigenvalue weighted by atomic mass is 16.5. The molecule has 3 heterocycles. The Kier molecular flexibility index (Phi) is 2.97. The lowest BCUT2D eigenvalue weighted by Gasteiger charge is -2.17. The first-order chi connectivity index (χ1) is 9.50. The Bertz CT molecular complexity index is 508. The molecule has 2 bridgehead atoms. The van der Waals surface area contributed by atoms with Crippen molar-refractivity contribution in [2.75, 3.05) is 13.2 Å². The Morgan fingerprint density at radius 2 is 1.85 bits per heavy atom. The predicted molar refractivity (Wildman–Crippen MR) is 67.3 cm³/mol. The number of amides is 2. The van der Waals surface area contributed by atoms with Gasteiger partial charge in [0.25, 0.3) is 0 Å². The zero-order valence-electron chi connectivity index (χ0n) is 11.1. The molecule has 0 aliphatic carbocycles. The highest BCUT2D eigenvalue weighted by molar-refractivity contribution is 6.06. The highest BCUT2D eigenvalue weighted by Gasteiger charge is 2.60. The van der Waals surface area contributed by atoms with Crippen molar-refractivity contribution in [3.8, 4) is 0 Å². The molecule has 6 heteroatoms. The average molecular weight is 277 g/mol. The molecule has 20 heavy (non-hydrogen) atoms. The van der Waals surface area contributed by atoms with E-state index in [1.807, 2.05) is 12.2 Å². The Morgan fingerprint density at radius 3 is 2.35 bits per heavy atom. The van der Waals surface area contributed by atoms with Crippen molar-refractivity contribution in [3.63, 3.8) is 0 Å². The fourth-order valence-electron chi connectivity index (χ4n) is 2.94. The molecular weight excluding hydrogens is 262 g/mol. The molecule has 2 saturated heterocycles. The van der Waals surface area contributed by atoms with Crippen molar-refractivity contribution in [3.05, 3.63) is 24.3 Å². The lowest BCUT2D eigenvalue weighted by Crippen LogP contribution is -2.37. The van der Waals surface area contributed by atoms with Gasteiger partial charge in [-0.1, -0.05) is 18.7 Å². The van der Waals surface area contributed by atoms with Crippen LogP contribution in [0.3, 0.4) is 0 Å². The SMILES string of the molecule is C=C(C)C(=O)OCCN1C(=O)C2C3C=CC(O3)C2C1=O. The van der Waals surface area contributed by atoms with Gasteiger partial charge in [0.05, 0.1) is 30.6 Å². The van der Waals surface area contributed by atoms with E-state index in [0.29, 0.717) is 0 Å². The van der Waals surface area contributed by atoms with Crippen LogP contribution in [-0.2, 0) is 23.9 Å². The number of hydrogen-bond donors (Lipinski definition) is 0. The third kappa shape index (κ3) is 1.79. The standard InChI is InChI=1S/C14H15NO5/c1-7(2)14(18)19-6-5-15-12(16)10-8-3-4-9(20-8)11(10)13(15)17/h3-4,8-11H,1,5-6H2,2H3. The van der Waals surface area contributed by atoms with Gasteiger partial charge in [-0.2, -0.15) is 0 Å². The van der Waals surface area contributed by atoms with Crippen molar-refractivity contribution in [2.24, 2.45) is 11.8 Å². The maximum atomic E-state index is 12.2. The molecule has 0 aromatic carbocycles. The molecule has 4 unspecified atom stereocenters. The second-order valence-corrected chi connectivity index (χ2v) is 5.25. The van der Waals surface area contributed by atoms with Gasteiger partial charge in [0.15, 0.2) is 0 Å². The van der Waals surface area contributed by atoms with Crippen molar-refractivity contribution in [1.29, 1.82) is 0 Å². The molecule has 0 aromatic rings. The van der Waals surface area contributed by atoms with Gasteiger partial charge in [-0.3, -0.25) is 14.5 Å². The van der Waals surface area contributed by atoms with E-state index in [1.165, 1.54) is 4.90 Å². The third-order valence-electron chi connectivity index (χ3n) is 3.90. The molecule has 0 N–H and O–H groups in total. The van der Waals surface area contributed by atoms with Crippen LogP contribution < -0.4 is 0 Å². The normalized spacial score (nSPS) is 33.8. The summed E-state index contributed by atoms with van der Waals surface area (Å²) in [5.74, 6) is -1.80. The maximum Gasteiger partial charge on any atom is 0.333 e. The van der Waals surface area contributed by atoms with Crippen LogP contribution in [0.15, 0.2) is 24.3 Å². The van der Waals surface area contributed by atoms with E-state index in [4.69, 9.17) is 9.47 Å². The van der Waals surface area contributed by atoms with Gasteiger partial charge >= 0.3 is 5.97 Å². The molecule has 106 valence electrons. The van der Waals surface area contributed by atoms with Crippen LogP contribution in [0, 0.1) is 11.8 Å². The molecule has 3 rings (SSSR count). The Balaban J connectivity index is 1.62. The van der Waals surface area contributed by atoms with Gasteiger partial charge < -0.3 is 9.47 Å². The zero-order valence-corrected chi connectivity index (χ0v) is 11.1. The molecule has 0 saturated carbocycles. The first-order valence-electron chi connectivity index (χ1n) is 6.52. The average Bonchev–Trinajstić information content (AvgIpc) is 3.07. The summed E-state index contributed by atoms with van der Waals surface area (Å²) in [5, 5.41) is 0. The fourth-order valence-corrected chi connectivity index (χ4v) is 2.94. The maximum absolute atomic E-state index is 12.2. The van der Waals surface area contributed by atoms with E-state index >= 15 is 0 Å². The molecule has 0 spiro atoms. The second-order valence-electron chi connectivity index (χ2n) is 5.25. The molecular formula is C14H15NO5. The van der Waals surface area contributed by atoms with Crippen LogP contribution in [0.1, 0.15) is 6.92 Å². The Labute approximate surface area is 116 Å². The fraction of sp³-hybridized carbons (Fsp3) is 0.500. The number of hydrogen-bond acceptors (Lipinski definition) is 5.